The van der Waals surface area contributed by atoms with Crippen molar-refractivity contribution in [2.75, 3.05) is 0 Å². The zero-order valence-electron chi connectivity index (χ0n) is 6.85. The smallest absolute Gasteiger partial charge is 0.408 e. The molecule has 5 nitrogen and oxygen atoms in total. The molecule has 0 aliphatic rings. The summed E-state index contributed by atoms with van der Waals surface area (Å²) in [7, 11) is 1.57. The average molecular weight is 178 g/mol. The normalized spacial score (nSPS) is 10.5. The third-order valence-electron chi connectivity index (χ3n) is 1.88. The minimum Gasteiger partial charge on any atom is -0.408 e. The van der Waals surface area contributed by atoms with Crippen LogP contribution in [-0.2, 0) is 7.05 Å². The van der Waals surface area contributed by atoms with Crippen molar-refractivity contribution >= 4 is 16.8 Å². The lowest BCUT2D eigenvalue weighted by atomic mass is 10.3. The monoisotopic (exact) mass is 178 g/mol. The van der Waals surface area contributed by atoms with Crippen LogP contribution < -0.4 is 5.76 Å². The summed E-state index contributed by atoms with van der Waals surface area (Å²) in [5.41, 5.74) is 1.31. The lowest BCUT2D eigenvalue weighted by Gasteiger charge is -1.90. The lowest BCUT2D eigenvalue weighted by Crippen LogP contribution is -2.08. The number of benzene rings is 1. The third kappa shape index (κ3) is 1.05. The number of aryl methyl sites for hydroxylation is 1. The van der Waals surface area contributed by atoms with Gasteiger partial charge in [0.1, 0.15) is 5.69 Å². The van der Waals surface area contributed by atoms with Gasteiger partial charge in [-0.05, 0) is 23.4 Å². The van der Waals surface area contributed by atoms with Gasteiger partial charge in [-0.1, -0.05) is 0 Å². The predicted octanol–water partition coefficient (Wildman–Crippen LogP) is 1.53. The van der Waals surface area contributed by atoms with Gasteiger partial charge in [0.05, 0.1) is 5.52 Å². The summed E-state index contributed by atoms with van der Waals surface area (Å²) in [4.78, 5) is 21.2. The van der Waals surface area contributed by atoms with E-state index in [1.54, 1.807) is 13.1 Å². The van der Waals surface area contributed by atoms with Crippen LogP contribution in [0.25, 0.3) is 11.1 Å². The van der Waals surface area contributed by atoms with E-state index in [4.69, 9.17) is 4.42 Å². The zero-order valence-corrected chi connectivity index (χ0v) is 6.85. The minimum absolute atomic E-state index is 0.281. The lowest BCUT2D eigenvalue weighted by molar-refractivity contribution is 0.528. The number of fused-ring (bicyclic) bond motifs is 1. The van der Waals surface area contributed by atoms with Crippen molar-refractivity contribution in [3.63, 3.8) is 0 Å². The highest BCUT2D eigenvalue weighted by molar-refractivity contribution is 5.76. The van der Waals surface area contributed by atoms with E-state index in [1.807, 2.05) is 0 Å². The van der Waals surface area contributed by atoms with Crippen molar-refractivity contribution < 1.29 is 4.42 Å². The molecule has 0 aliphatic carbocycles. The summed E-state index contributed by atoms with van der Waals surface area (Å²) in [6.45, 7) is 0. The summed E-state index contributed by atoms with van der Waals surface area (Å²) in [6.07, 6.45) is 0. The van der Waals surface area contributed by atoms with Crippen LogP contribution in [0.4, 0.5) is 5.69 Å². The van der Waals surface area contributed by atoms with E-state index < -0.39 is 5.76 Å². The molecule has 5 heteroatoms. The standard InChI is InChI=1S/C8H6N2O3/c1-10-6-4-5(9-12)2-3-7(6)13-8(10)11/h2-4H,1H3. The van der Waals surface area contributed by atoms with Crippen LogP contribution in [-0.4, -0.2) is 4.57 Å². The maximum Gasteiger partial charge on any atom is 0.419 e. The molecule has 0 unspecified atom stereocenters. The second-order valence-corrected chi connectivity index (χ2v) is 2.67. The van der Waals surface area contributed by atoms with E-state index in [-0.39, 0.29) is 5.69 Å². The van der Waals surface area contributed by atoms with E-state index in [1.165, 1.54) is 16.7 Å². The second-order valence-electron chi connectivity index (χ2n) is 2.67. The molecule has 2 rings (SSSR count). The molecule has 66 valence electrons. The van der Waals surface area contributed by atoms with Gasteiger partial charge >= 0.3 is 5.76 Å². The van der Waals surface area contributed by atoms with E-state index >= 15 is 0 Å². The highest BCUT2D eigenvalue weighted by atomic mass is 16.4. The fourth-order valence-corrected chi connectivity index (χ4v) is 1.17. The van der Waals surface area contributed by atoms with Crippen LogP contribution in [0.1, 0.15) is 0 Å². The molecule has 0 spiro atoms. The van der Waals surface area contributed by atoms with E-state index in [9.17, 15) is 9.70 Å². The molecule has 0 saturated heterocycles. The second kappa shape index (κ2) is 2.55. The topological polar surface area (TPSA) is 64.6 Å². The van der Waals surface area contributed by atoms with Crippen LogP contribution in [0.3, 0.4) is 0 Å². The number of nitrogens with zero attached hydrogens (tertiary/aromatic N) is 2. The molecular formula is C8H6N2O3. The molecule has 1 heterocycles. The van der Waals surface area contributed by atoms with Gasteiger partial charge in [-0.25, -0.2) is 4.79 Å². The Labute approximate surface area is 72.6 Å². The Morgan fingerprint density at radius 3 is 2.92 bits per heavy atom. The molecule has 0 amide bonds. The molecule has 1 aromatic carbocycles. The van der Waals surface area contributed by atoms with Crippen molar-refractivity contribution in [1.29, 1.82) is 0 Å². The number of nitroso groups, excluding NO2 is 1. The van der Waals surface area contributed by atoms with Crippen molar-refractivity contribution in [1.82, 2.24) is 4.57 Å². The molecule has 0 saturated carbocycles. The Balaban J connectivity index is 2.89. The van der Waals surface area contributed by atoms with Gasteiger partial charge in [-0.15, -0.1) is 4.91 Å². The van der Waals surface area contributed by atoms with Gasteiger partial charge < -0.3 is 4.42 Å². The largest absolute Gasteiger partial charge is 0.419 e. The van der Waals surface area contributed by atoms with Crippen LogP contribution >= 0.6 is 0 Å². The first-order chi connectivity index (χ1) is 6.22. The number of rotatable bonds is 1. The Morgan fingerprint density at radius 1 is 1.46 bits per heavy atom. The fourth-order valence-electron chi connectivity index (χ4n) is 1.17. The molecule has 0 bridgehead atoms. The number of hydrogen-bond donors (Lipinski definition) is 0. The van der Waals surface area contributed by atoms with Crippen molar-refractivity contribution in [3.05, 3.63) is 33.7 Å². The van der Waals surface area contributed by atoms with Crippen LogP contribution in [0.5, 0.6) is 0 Å². The summed E-state index contributed by atoms with van der Waals surface area (Å²) in [5.74, 6) is -0.446. The van der Waals surface area contributed by atoms with Gasteiger partial charge in [0, 0.05) is 7.05 Å². The third-order valence-corrected chi connectivity index (χ3v) is 1.88. The zero-order chi connectivity index (χ0) is 9.42. The van der Waals surface area contributed by atoms with Crippen molar-refractivity contribution in [3.8, 4) is 0 Å². The molecule has 0 aliphatic heterocycles. The summed E-state index contributed by atoms with van der Waals surface area (Å²) in [5, 5.41) is 2.76. The molecule has 13 heavy (non-hydrogen) atoms. The van der Waals surface area contributed by atoms with Gasteiger partial charge in [-0.2, -0.15) is 0 Å². The van der Waals surface area contributed by atoms with Gasteiger partial charge in [0.2, 0.25) is 0 Å². The molecular weight excluding hydrogens is 172 g/mol. The maximum atomic E-state index is 11.0. The Morgan fingerprint density at radius 2 is 2.23 bits per heavy atom. The number of aromatic nitrogens is 1. The van der Waals surface area contributed by atoms with Crippen LogP contribution in [0, 0.1) is 4.91 Å². The molecule has 0 atom stereocenters. The average Bonchev–Trinajstić information content (AvgIpc) is 2.43. The molecule has 0 N–H and O–H groups in total. The molecule has 0 fully saturated rings. The first-order valence-electron chi connectivity index (χ1n) is 3.65. The highest BCUT2D eigenvalue weighted by Gasteiger charge is 2.05. The molecule has 2 aromatic rings. The number of oxazole rings is 1. The van der Waals surface area contributed by atoms with Crippen molar-refractivity contribution in [2.45, 2.75) is 0 Å². The SMILES string of the molecule is Cn1c(=O)oc2ccc(N=O)cc21. The Kier molecular flexibility index (Phi) is 1.51. The quantitative estimate of drug-likeness (QED) is 0.622. The highest BCUT2D eigenvalue weighted by Crippen LogP contribution is 2.19. The summed E-state index contributed by atoms with van der Waals surface area (Å²) < 4.78 is 6.19. The summed E-state index contributed by atoms with van der Waals surface area (Å²) in [6, 6.07) is 4.55. The maximum absolute atomic E-state index is 11.0. The Bertz CT molecular complexity index is 524. The fraction of sp³-hybridized carbons (Fsp3) is 0.125. The van der Waals surface area contributed by atoms with E-state index in [0.717, 1.165) is 0 Å². The Hall–Kier alpha value is -1.91. The first kappa shape index (κ1) is 7.72. The first-order valence-corrected chi connectivity index (χ1v) is 3.65. The molecule has 0 radical (unpaired) electrons. The number of hydrogen-bond acceptors (Lipinski definition) is 4. The van der Waals surface area contributed by atoms with Gasteiger partial charge in [-0.3, -0.25) is 4.57 Å². The predicted molar refractivity (Wildman–Crippen MR) is 46.9 cm³/mol. The van der Waals surface area contributed by atoms with Crippen LogP contribution in [0.2, 0.25) is 0 Å². The van der Waals surface area contributed by atoms with Gasteiger partial charge in [0.25, 0.3) is 0 Å². The summed E-state index contributed by atoms with van der Waals surface area (Å²) >= 11 is 0. The van der Waals surface area contributed by atoms with Gasteiger partial charge in [0.15, 0.2) is 5.58 Å². The minimum atomic E-state index is -0.446. The van der Waals surface area contributed by atoms with E-state index in [2.05, 4.69) is 5.18 Å². The van der Waals surface area contributed by atoms with Crippen molar-refractivity contribution in [2.24, 2.45) is 12.2 Å². The van der Waals surface area contributed by atoms with E-state index in [0.29, 0.717) is 11.1 Å². The van der Waals surface area contributed by atoms with Crippen LogP contribution in [0.15, 0.2) is 32.6 Å². The molecule has 1 aromatic heterocycles.